The Morgan fingerprint density at radius 1 is 1.50 bits per heavy atom. The van der Waals surface area contributed by atoms with Gasteiger partial charge < -0.3 is 5.32 Å². The lowest BCUT2D eigenvalue weighted by Gasteiger charge is -2.11. The van der Waals surface area contributed by atoms with Crippen LogP contribution in [0.3, 0.4) is 0 Å². The number of hydrogen-bond donors (Lipinski definition) is 2. The first kappa shape index (κ1) is 16.4. The maximum Gasteiger partial charge on any atom is 0.333 e. The number of anilines is 1. The molecule has 3 N–H and O–H groups in total. The molecule has 0 fully saturated rings. The van der Waals surface area contributed by atoms with Gasteiger partial charge in [0.25, 0.3) is 0 Å². The van der Waals surface area contributed by atoms with E-state index in [0.29, 0.717) is 5.69 Å². The van der Waals surface area contributed by atoms with E-state index in [0.717, 1.165) is 0 Å². The molecule has 1 heterocycles. The van der Waals surface area contributed by atoms with Crippen LogP contribution in [0, 0.1) is 17.0 Å². The molecule has 0 spiro atoms. The molecule has 0 bridgehead atoms. The highest BCUT2D eigenvalue weighted by molar-refractivity contribution is 7.89. The molecule has 0 radical (unpaired) electrons. The summed E-state index contributed by atoms with van der Waals surface area (Å²) in [5, 5.41) is 23.0. The molecule has 0 aliphatic rings. The lowest BCUT2D eigenvalue weighted by molar-refractivity contribution is -0.384. The number of rotatable bonds is 7. The summed E-state index contributed by atoms with van der Waals surface area (Å²) in [4.78, 5) is 10.6. The smallest absolute Gasteiger partial charge is 0.333 e. The Bertz CT molecular complexity index is 593. The zero-order chi connectivity index (χ0) is 15.5. The summed E-state index contributed by atoms with van der Waals surface area (Å²) in [6.07, 6.45) is 0.262. The summed E-state index contributed by atoms with van der Waals surface area (Å²) in [6, 6.07) is -0.0526. The van der Waals surface area contributed by atoms with Crippen LogP contribution in [0.25, 0.3) is 0 Å². The van der Waals surface area contributed by atoms with Gasteiger partial charge in [-0.3, -0.25) is 10.1 Å². The third kappa shape index (κ3) is 4.17. The quantitative estimate of drug-likeness (QED) is 0.434. The summed E-state index contributed by atoms with van der Waals surface area (Å²) in [7, 11) is -3.52. The summed E-state index contributed by atoms with van der Waals surface area (Å²) in [5.41, 5.74) is 0.229. The van der Waals surface area contributed by atoms with Crippen molar-refractivity contribution < 1.29 is 13.3 Å². The van der Waals surface area contributed by atoms with E-state index in [-0.39, 0.29) is 36.3 Å². The Morgan fingerprint density at radius 3 is 2.55 bits per heavy atom. The Balaban J connectivity index is 2.89. The van der Waals surface area contributed by atoms with Gasteiger partial charge in [0.1, 0.15) is 5.69 Å². The van der Waals surface area contributed by atoms with Gasteiger partial charge in [-0.15, -0.1) is 0 Å². The molecular formula is C10H19N5O4S. The zero-order valence-electron chi connectivity index (χ0n) is 11.7. The number of nitro groups is 1. The normalized spacial score (nSPS) is 11.8. The second kappa shape index (κ2) is 6.18. The average molecular weight is 305 g/mol. The number of aryl methyl sites for hydroxylation is 1. The first-order valence-electron chi connectivity index (χ1n) is 6.11. The fraction of sp³-hybridized carbons (Fsp3) is 0.700. The van der Waals surface area contributed by atoms with Crippen molar-refractivity contribution in [3.63, 3.8) is 0 Å². The molecule has 0 aliphatic carbocycles. The van der Waals surface area contributed by atoms with E-state index in [1.807, 2.05) is 13.8 Å². The van der Waals surface area contributed by atoms with E-state index < -0.39 is 14.9 Å². The maximum absolute atomic E-state index is 11.1. The molecule has 114 valence electrons. The van der Waals surface area contributed by atoms with Gasteiger partial charge in [-0.05, 0) is 27.2 Å². The van der Waals surface area contributed by atoms with Gasteiger partial charge in [0, 0.05) is 12.6 Å². The van der Waals surface area contributed by atoms with Gasteiger partial charge in [0.15, 0.2) is 0 Å². The lowest BCUT2D eigenvalue weighted by Crippen LogP contribution is -2.19. The predicted octanol–water partition coefficient (Wildman–Crippen LogP) is 0.771. The predicted molar refractivity (Wildman–Crippen MR) is 75.1 cm³/mol. The zero-order valence-corrected chi connectivity index (χ0v) is 12.5. The molecule has 0 aromatic carbocycles. The second-order valence-corrected chi connectivity index (χ2v) is 6.46. The fourth-order valence-corrected chi connectivity index (χ4v) is 2.32. The van der Waals surface area contributed by atoms with Crippen LogP contribution in [0.5, 0.6) is 0 Å². The van der Waals surface area contributed by atoms with Gasteiger partial charge in [-0.1, -0.05) is 0 Å². The molecule has 0 saturated heterocycles. The van der Waals surface area contributed by atoms with Gasteiger partial charge in [-0.2, -0.15) is 5.10 Å². The first-order valence-corrected chi connectivity index (χ1v) is 7.83. The Kier molecular flexibility index (Phi) is 5.06. The number of nitrogens with one attached hydrogen (secondary N) is 1. The van der Waals surface area contributed by atoms with Gasteiger partial charge in [0.05, 0.1) is 10.7 Å². The standard InChI is InChI=1S/C10H19N5O4S/c1-7(2)14-10(9(15(16)17)8(3)13-14)12-5-4-6-20(11,18)19/h7,12H,4-6H2,1-3H3,(H2,11,18,19). The largest absolute Gasteiger partial charge is 0.364 e. The molecule has 0 unspecified atom stereocenters. The molecule has 1 rings (SSSR count). The van der Waals surface area contributed by atoms with Crippen LogP contribution in [0.4, 0.5) is 11.5 Å². The molecule has 1 aromatic rings. The van der Waals surface area contributed by atoms with Crippen molar-refractivity contribution in [3.8, 4) is 0 Å². The Labute approximate surface area is 117 Å². The number of sulfonamides is 1. The van der Waals surface area contributed by atoms with E-state index in [9.17, 15) is 18.5 Å². The average Bonchev–Trinajstić information content (AvgIpc) is 2.60. The van der Waals surface area contributed by atoms with Crippen molar-refractivity contribution in [2.45, 2.75) is 33.2 Å². The number of primary sulfonamides is 1. The molecule has 0 atom stereocenters. The highest BCUT2D eigenvalue weighted by Crippen LogP contribution is 2.30. The third-order valence-corrected chi connectivity index (χ3v) is 3.48. The highest BCUT2D eigenvalue weighted by Gasteiger charge is 2.26. The number of nitrogens with zero attached hydrogens (tertiary/aromatic N) is 3. The molecule has 10 heteroatoms. The first-order chi connectivity index (χ1) is 9.13. The van der Waals surface area contributed by atoms with E-state index in [2.05, 4.69) is 10.4 Å². The molecule has 0 saturated carbocycles. The minimum absolute atomic E-state index is 0.0526. The molecule has 0 aliphatic heterocycles. The van der Waals surface area contributed by atoms with Crippen LogP contribution in [0.1, 0.15) is 32.0 Å². The van der Waals surface area contributed by atoms with E-state index >= 15 is 0 Å². The van der Waals surface area contributed by atoms with Crippen LogP contribution >= 0.6 is 0 Å². The molecule has 20 heavy (non-hydrogen) atoms. The van der Waals surface area contributed by atoms with Crippen LogP contribution in [-0.4, -0.2) is 35.4 Å². The van der Waals surface area contributed by atoms with Crippen LogP contribution in [-0.2, 0) is 10.0 Å². The minimum atomic E-state index is -3.52. The highest BCUT2D eigenvalue weighted by atomic mass is 32.2. The summed E-state index contributed by atoms with van der Waals surface area (Å²) < 4.78 is 23.2. The fourth-order valence-electron chi connectivity index (χ4n) is 1.78. The molecule has 1 aromatic heterocycles. The van der Waals surface area contributed by atoms with Crippen molar-refractivity contribution in [3.05, 3.63) is 15.8 Å². The van der Waals surface area contributed by atoms with Crippen LogP contribution in [0.15, 0.2) is 0 Å². The molecule has 9 nitrogen and oxygen atoms in total. The topological polar surface area (TPSA) is 133 Å². The lowest BCUT2D eigenvalue weighted by atomic mass is 10.3. The molecule has 0 amide bonds. The van der Waals surface area contributed by atoms with Crippen molar-refractivity contribution >= 4 is 21.5 Å². The van der Waals surface area contributed by atoms with Crippen LogP contribution in [0.2, 0.25) is 0 Å². The third-order valence-electron chi connectivity index (χ3n) is 2.62. The van der Waals surface area contributed by atoms with E-state index in [1.165, 1.54) is 4.68 Å². The Hall–Kier alpha value is -1.68. The van der Waals surface area contributed by atoms with Crippen molar-refractivity contribution in [2.75, 3.05) is 17.6 Å². The number of hydrogen-bond acceptors (Lipinski definition) is 6. The van der Waals surface area contributed by atoms with E-state index in [4.69, 9.17) is 5.14 Å². The van der Waals surface area contributed by atoms with Crippen molar-refractivity contribution in [2.24, 2.45) is 5.14 Å². The summed E-state index contributed by atoms with van der Waals surface area (Å²) in [6.45, 7) is 5.53. The van der Waals surface area contributed by atoms with E-state index in [1.54, 1.807) is 6.92 Å². The summed E-state index contributed by atoms with van der Waals surface area (Å²) >= 11 is 0. The van der Waals surface area contributed by atoms with Gasteiger partial charge in [-0.25, -0.2) is 18.2 Å². The number of aromatic nitrogens is 2. The summed E-state index contributed by atoms with van der Waals surface area (Å²) in [5.74, 6) is 0.111. The second-order valence-electron chi connectivity index (χ2n) is 4.73. The van der Waals surface area contributed by atoms with Crippen molar-refractivity contribution in [1.82, 2.24) is 9.78 Å². The minimum Gasteiger partial charge on any atom is -0.364 e. The van der Waals surface area contributed by atoms with Gasteiger partial charge in [0.2, 0.25) is 15.8 Å². The maximum atomic E-state index is 11.1. The van der Waals surface area contributed by atoms with Gasteiger partial charge >= 0.3 is 5.69 Å². The number of nitrogens with two attached hydrogens (primary N) is 1. The Morgan fingerprint density at radius 2 is 2.10 bits per heavy atom. The van der Waals surface area contributed by atoms with Crippen molar-refractivity contribution in [1.29, 1.82) is 0 Å². The molecular weight excluding hydrogens is 286 g/mol. The van der Waals surface area contributed by atoms with Crippen LogP contribution < -0.4 is 10.5 Å². The SMILES string of the molecule is Cc1nn(C(C)C)c(NCCCS(N)(=O)=O)c1[N+](=O)[O-]. The monoisotopic (exact) mass is 305 g/mol.